The Labute approximate surface area is 127 Å². The maximum absolute atomic E-state index is 11.7. The van der Waals surface area contributed by atoms with Crippen molar-refractivity contribution in [3.8, 4) is 5.75 Å². The highest BCUT2D eigenvalue weighted by Crippen LogP contribution is 2.27. The molecule has 1 aromatic heterocycles. The van der Waals surface area contributed by atoms with Crippen LogP contribution in [0.1, 0.15) is 29.2 Å². The molecule has 0 bridgehead atoms. The number of nitrogens with one attached hydrogen (secondary N) is 1. The Balaban J connectivity index is 2.15. The summed E-state index contributed by atoms with van der Waals surface area (Å²) in [4.78, 5) is 16.9. The summed E-state index contributed by atoms with van der Waals surface area (Å²) in [5, 5.41) is 3.84. The molecule has 1 heterocycles. The maximum atomic E-state index is 11.7. The second-order valence-corrected chi connectivity index (χ2v) is 5.43. The van der Waals surface area contributed by atoms with Crippen molar-refractivity contribution >= 4 is 28.1 Å². The first kappa shape index (κ1) is 15.3. The molecule has 0 radical (unpaired) electrons. The van der Waals surface area contributed by atoms with E-state index in [0.29, 0.717) is 24.0 Å². The summed E-state index contributed by atoms with van der Waals surface area (Å²) in [6.45, 7) is 6.53. The molecule has 0 amide bonds. The number of carbonyl (C=O) groups is 1. The third-order valence-electron chi connectivity index (χ3n) is 2.66. The maximum Gasteiger partial charge on any atom is 0.358 e. The quantitative estimate of drug-likeness (QED) is 0.823. The van der Waals surface area contributed by atoms with Crippen LogP contribution in [0.2, 0.25) is 0 Å². The van der Waals surface area contributed by atoms with Gasteiger partial charge in [-0.25, -0.2) is 9.78 Å². The van der Waals surface area contributed by atoms with Crippen molar-refractivity contribution in [2.24, 2.45) is 0 Å². The molecule has 0 fully saturated rings. The molecule has 0 saturated carbocycles. The zero-order valence-electron chi connectivity index (χ0n) is 12.3. The van der Waals surface area contributed by atoms with Gasteiger partial charge in [0.2, 0.25) is 0 Å². The molecule has 0 atom stereocenters. The van der Waals surface area contributed by atoms with Crippen LogP contribution in [0.15, 0.2) is 24.3 Å². The molecule has 0 aliphatic heterocycles. The van der Waals surface area contributed by atoms with Gasteiger partial charge in [0.05, 0.1) is 13.2 Å². The molecule has 0 aliphatic carbocycles. The van der Waals surface area contributed by atoms with Crippen molar-refractivity contribution in [2.45, 2.75) is 20.8 Å². The predicted octanol–water partition coefficient (Wildman–Crippen LogP) is 3.77. The van der Waals surface area contributed by atoms with Crippen LogP contribution in [0, 0.1) is 6.92 Å². The van der Waals surface area contributed by atoms with E-state index >= 15 is 0 Å². The third kappa shape index (κ3) is 3.95. The molecular formula is C15H18N2O3S. The van der Waals surface area contributed by atoms with Gasteiger partial charge < -0.3 is 14.8 Å². The van der Waals surface area contributed by atoms with Gasteiger partial charge in [-0.2, -0.15) is 0 Å². The number of carbonyl (C=O) groups excluding carboxylic acids is 1. The number of aromatic nitrogens is 1. The third-order valence-corrected chi connectivity index (χ3v) is 3.55. The first-order valence-corrected chi connectivity index (χ1v) is 7.60. The molecule has 0 unspecified atom stereocenters. The van der Waals surface area contributed by atoms with Crippen molar-refractivity contribution in [1.82, 2.24) is 4.98 Å². The number of esters is 1. The zero-order chi connectivity index (χ0) is 15.2. The SMILES string of the molecule is CCOC(=O)c1nc(Nc2cccc(OCC)c2)sc1C. The molecule has 6 heteroatoms. The van der Waals surface area contributed by atoms with E-state index in [9.17, 15) is 4.79 Å². The van der Waals surface area contributed by atoms with Gasteiger partial charge in [-0.1, -0.05) is 6.07 Å². The second-order valence-electron chi connectivity index (χ2n) is 4.23. The van der Waals surface area contributed by atoms with Gasteiger partial charge in [0.25, 0.3) is 0 Å². The zero-order valence-corrected chi connectivity index (χ0v) is 13.1. The standard InChI is InChI=1S/C15H18N2O3S/c1-4-19-12-8-6-7-11(9-12)16-15-17-13(10(3)21-15)14(18)20-5-2/h6-9H,4-5H2,1-3H3,(H,16,17). The normalized spacial score (nSPS) is 10.2. The first-order chi connectivity index (χ1) is 10.1. The molecule has 2 rings (SSSR count). The minimum Gasteiger partial charge on any atom is -0.494 e. The highest BCUT2D eigenvalue weighted by molar-refractivity contribution is 7.15. The van der Waals surface area contributed by atoms with E-state index in [0.717, 1.165) is 16.3 Å². The summed E-state index contributed by atoms with van der Waals surface area (Å²) in [6.07, 6.45) is 0. The number of thiazole rings is 1. The molecule has 5 nitrogen and oxygen atoms in total. The summed E-state index contributed by atoms with van der Waals surface area (Å²) in [5.74, 6) is 0.406. The highest BCUT2D eigenvalue weighted by Gasteiger charge is 2.16. The molecule has 0 aliphatic rings. The highest BCUT2D eigenvalue weighted by atomic mass is 32.1. The van der Waals surface area contributed by atoms with Crippen molar-refractivity contribution in [1.29, 1.82) is 0 Å². The van der Waals surface area contributed by atoms with Crippen LogP contribution in [0.25, 0.3) is 0 Å². The van der Waals surface area contributed by atoms with Crippen LogP contribution in [0.3, 0.4) is 0 Å². The van der Waals surface area contributed by atoms with Gasteiger partial charge in [0.1, 0.15) is 5.75 Å². The fourth-order valence-electron chi connectivity index (χ4n) is 1.79. The Morgan fingerprint density at radius 2 is 2.14 bits per heavy atom. The molecule has 2 aromatic rings. The number of anilines is 2. The topological polar surface area (TPSA) is 60.5 Å². The molecular weight excluding hydrogens is 288 g/mol. The molecule has 0 spiro atoms. The van der Waals surface area contributed by atoms with Crippen LogP contribution in [-0.2, 0) is 4.74 Å². The van der Waals surface area contributed by atoms with Crippen molar-refractivity contribution in [3.63, 3.8) is 0 Å². The fourth-order valence-corrected chi connectivity index (χ4v) is 2.61. The fraction of sp³-hybridized carbons (Fsp3) is 0.333. The van der Waals surface area contributed by atoms with E-state index < -0.39 is 0 Å². The smallest absolute Gasteiger partial charge is 0.358 e. The molecule has 112 valence electrons. The first-order valence-electron chi connectivity index (χ1n) is 6.78. The lowest BCUT2D eigenvalue weighted by Crippen LogP contribution is -2.06. The summed E-state index contributed by atoms with van der Waals surface area (Å²) in [5.41, 5.74) is 1.23. The lowest BCUT2D eigenvalue weighted by atomic mass is 10.3. The lowest BCUT2D eigenvalue weighted by molar-refractivity contribution is 0.0519. The largest absolute Gasteiger partial charge is 0.494 e. The van der Waals surface area contributed by atoms with E-state index in [-0.39, 0.29) is 5.97 Å². The van der Waals surface area contributed by atoms with Crippen LogP contribution in [-0.4, -0.2) is 24.2 Å². The number of benzene rings is 1. The van der Waals surface area contributed by atoms with Crippen LogP contribution >= 0.6 is 11.3 Å². The predicted molar refractivity (Wildman–Crippen MR) is 83.7 cm³/mol. The summed E-state index contributed by atoms with van der Waals surface area (Å²) < 4.78 is 10.4. The summed E-state index contributed by atoms with van der Waals surface area (Å²) >= 11 is 1.42. The lowest BCUT2D eigenvalue weighted by Gasteiger charge is -2.06. The van der Waals surface area contributed by atoms with E-state index in [2.05, 4.69) is 10.3 Å². The molecule has 0 saturated heterocycles. The number of hydrogen-bond acceptors (Lipinski definition) is 6. The second kappa shape index (κ2) is 7.08. The van der Waals surface area contributed by atoms with Gasteiger partial charge in [-0.05, 0) is 32.9 Å². The van der Waals surface area contributed by atoms with Crippen molar-refractivity contribution < 1.29 is 14.3 Å². The van der Waals surface area contributed by atoms with E-state index in [4.69, 9.17) is 9.47 Å². The average Bonchev–Trinajstić information content (AvgIpc) is 2.81. The number of ether oxygens (including phenoxy) is 2. The Bertz CT molecular complexity index is 625. The summed E-state index contributed by atoms with van der Waals surface area (Å²) in [7, 11) is 0. The minimum atomic E-state index is -0.387. The van der Waals surface area contributed by atoms with Crippen LogP contribution in [0.4, 0.5) is 10.8 Å². The molecule has 1 N–H and O–H groups in total. The van der Waals surface area contributed by atoms with E-state index in [1.165, 1.54) is 11.3 Å². The van der Waals surface area contributed by atoms with Gasteiger partial charge in [-0.15, -0.1) is 11.3 Å². The van der Waals surface area contributed by atoms with Crippen molar-refractivity contribution in [2.75, 3.05) is 18.5 Å². The van der Waals surface area contributed by atoms with Gasteiger partial charge >= 0.3 is 5.97 Å². The average molecular weight is 306 g/mol. The Morgan fingerprint density at radius 1 is 1.33 bits per heavy atom. The molecule has 21 heavy (non-hydrogen) atoms. The number of aryl methyl sites for hydroxylation is 1. The number of hydrogen-bond donors (Lipinski definition) is 1. The number of rotatable bonds is 6. The Kier molecular flexibility index (Phi) is 5.16. The summed E-state index contributed by atoms with van der Waals surface area (Å²) in [6, 6.07) is 7.61. The van der Waals surface area contributed by atoms with Gasteiger partial charge in [-0.3, -0.25) is 0 Å². The monoisotopic (exact) mass is 306 g/mol. The van der Waals surface area contributed by atoms with Crippen LogP contribution in [0.5, 0.6) is 5.75 Å². The molecule has 1 aromatic carbocycles. The Hall–Kier alpha value is -2.08. The van der Waals surface area contributed by atoms with Gasteiger partial charge in [0, 0.05) is 16.6 Å². The Morgan fingerprint density at radius 3 is 2.86 bits per heavy atom. The van der Waals surface area contributed by atoms with Crippen LogP contribution < -0.4 is 10.1 Å². The number of nitrogens with zero attached hydrogens (tertiary/aromatic N) is 1. The minimum absolute atomic E-state index is 0.342. The van der Waals surface area contributed by atoms with E-state index in [1.54, 1.807) is 6.92 Å². The van der Waals surface area contributed by atoms with Gasteiger partial charge in [0.15, 0.2) is 10.8 Å². The van der Waals surface area contributed by atoms with E-state index in [1.807, 2.05) is 38.1 Å². The van der Waals surface area contributed by atoms with Crippen molar-refractivity contribution in [3.05, 3.63) is 34.8 Å².